The van der Waals surface area contributed by atoms with Crippen molar-refractivity contribution in [2.75, 3.05) is 7.05 Å². The predicted molar refractivity (Wildman–Crippen MR) is 88.9 cm³/mol. The summed E-state index contributed by atoms with van der Waals surface area (Å²) < 4.78 is 6.74. The molecule has 0 bridgehead atoms. The van der Waals surface area contributed by atoms with Gasteiger partial charge >= 0.3 is 5.97 Å². The van der Waals surface area contributed by atoms with Gasteiger partial charge in [-0.2, -0.15) is 0 Å². The number of halogens is 1. The van der Waals surface area contributed by atoms with Crippen molar-refractivity contribution in [1.29, 1.82) is 0 Å². The lowest BCUT2D eigenvalue weighted by Gasteiger charge is -2.37. The predicted octanol–water partition coefficient (Wildman–Crippen LogP) is 3.71. The summed E-state index contributed by atoms with van der Waals surface area (Å²) in [5, 5.41) is 0. The summed E-state index contributed by atoms with van der Waals surface area (Å²) >= 11 is 2.17. The molecule has 0 saturated carbocycles. The van der Waals surface area contributed by atoms with Crippen LogP contribution in [0.25, 0.3) is 0 Å². The monoisotopic (exact) mass is 387 g/mol. The highest BCUT2D eigenvalue weighted by Crippen LogP contribution is 2.41. The van der Waals surface area contributed by atoms with E-state index in [1.165, 1.54) is 0 Å². The average molecular weight is 387 g/mol. The number of esters is 1. The number of benzene rings is 1. The highest BCUT2D eigenvalue weighted by molar-refractivity contribution is 14.1. The largest absolute Gasteiger partial charge is 0.457 e. The fourth-order valence-corrected chi connectivity index (χ4v) is 3.45. The Balaban J connectivity index is 2.19. The van der Waals surface area contributed by atoms with Gasteiger partial charge in [0.15, 0.2) is 0 Å². The molecule has 0 aromatic heterocycles. The number of likely N-dealkylation sites (tertiary alicyclic amines) is 1. The third-order valence-electron chi connectivity index (χ3n) is 4.59. The maximum Gasteiger partial charge on any atom is 0.339 e. The van der Waals surface area contributed by atoms with Crippen molar-refractivity contribution in [3.8, 4) is 0 Å². The standard InChI is InChI=1S/C16H22INO2/c1-15(2)10-13(16(3,4)18(15)5)20-14(19)11-8-6-7-9-12(11)17/h6-9,13H,10H2,1-5H3. The molecular weight excluding hydrogens is 365 g/mol. The third kappa shape index (κ3) is 2.72. The smallest absolute Gasteiger partial charge is 0.339 e. The minimum absolute atomic E-state index is 0.0400. The van der Waals surface area contributed by atoms with Crippen molar-refractivity contribution < 1.29 is 9.53 Å². The molecule has 1 aromatic rings. The van der Waals surface area contributed by atoms with Crippen molar-refractivity contribution in [2.24, 2.45) is 0 Å². The summed E-state index contributed by atoms with van der Waals surface area (Å²) in [6.45, 7) is 8.65. The summed E-state index contributed by atoms with van der Waals surface area (Å²) in [7, 11) is 2.10. The molecule has 1 atom stereocenters. The van der Waals surface area contributed by atoms with Crippen LogP contribution in [0.3, 0.4) is 0 Å². The van der Waals surface area contributed by atoms with E-state index in [0.717, 1.165) is 9.99 Å². The van der Waals surface area contributed by atoms with E-state index in [-0.39, 0.29) is 23.2 Å². The van der Waals surface area contributed by atoms with E-state index >= 15 is 0 Å². The van der Waals surface area contributed by atoms with Crippen LogP contribution in [0.1, 0.15) is 44.5 Å². The topological polar surface area (TPSA) is 29.5 Å². The van der Waals surface area contributed by atoms with Gasteiger partial charge in [-0.25, -0.2) is 4.79 Å². The van der Waals surface area contributed by atoms with Gasteiger partial charge in [0.1, 0.15) is 6.10 Å². The fraction of sp³-hybridized carbons (Fsp3) is 0.562. The zero-order valence-electron chi connectivity index (χ0n) is 12.7. The zero-order chi connectivity index (χ0) is 15.1. The molecule has 1 unspecified atom stereocenters. The van der Waals surface area contributed by atoms with Crippen molar-refractivity contribution in [3.05, 3.63) is 33.4 Å². The molecule has 0 radical (unpaired) electrons. The second kappa shape index (κ2) is 5.30. The van der Waals surface area contributed by atoms with Gasteiger partial charge in [0.25, 0.3) is 0 Å². The van der Waals surface area contributed by atoms with E-state index in [1.54, 1.807) is 0 Å². The molecule has 110 valence electrons. The van der Waals surface area contributed by atoms with Gasteiger partial charge in [0.05, 0.1) is 11.1 Å². The maximum atomic E-state index is 12.4. The maximum absolute atomic E-state index is 12.4. The van der Waals surface area contributed by atoms with Gasteiger partial charge in [0, 0.05) is 15.5 Å². The second-order valence-electron chi connectivity index (χ2n) is 6.60. The number of ether oxygens (including phenoxy) is 1. The van der Waals surface area contributed by atoms with Crippen LogP contribution < -0.4 is 0 Å². The molecule has 0 spiro atoms. The lowest BCUT2D eigenvalue weighted by Crippen LogP contribution is -2.48. The lowest BCUT2D eigenvalue weighted by molar-refractivity contribution is 0.00147. The summed E-state index contributed by atoms with van der Waals surface area (Å²) in [6, 6.07) is 7.54. The number of hydrogen-bond acceptors (Lipinski definition) is 3. The Morgan fingerprint density at radius 3 is 2.40 bits per heavy atom. The molecule has 1 fully saturated rings. The van der Waals surface area contributed by atoms with Gasteiger partial charge in [-0.1, -0.05) is 12.1 Å². The normalized spacial score (nSPS) is 24.6. The lowest BCUT2D eigenvalue weighted by atomic mass is 9.97. The molecule has 0 N–H and O–H groups in total. The van der Waals surface area contributed by atoms with Crippen LogP contribution in [0, 0.1) is 3.57 Å². The molecule has 2 rings (SSSR count). The summed E-state index contributed by atoms with van der Waals surface area (Å²) in [5.74, 6) is -0.223. The number of carbonyl (C=O) groups excluding carboxylic acids is 1. The van der Waals surface area contributed by atoms with Crippen LogP contribution >= 0.6 is 22.6 Å². The molecule has 20 heavy (non-hydrogen) atoms. The molecule has 0 amide bonds. The SMILES string of the molecule is CN1C(C)(C)CC(OC(=O)c2ccccc2I)C1(C)C. The highest BCUT2D eigenvalue weighted by Gasteiger charge is 2.51. The second-order valence-corrected chi connectivity index (χ2v) is 7.77. The highest BCUT2D eigenvalue weighted by atomic mass is 127. The van der Waals surface area contributed by atoms with Crippen molar-refractivity contribution >= 4 is 28.6 Å². The van der Waals surface area contributed by atoms with Gasteiger partial charge in [-0.15, -0.1) is 0 Å². The van der Waals surface area contributed by atoms with Crippen molar-refractivity contribution in [1.82, 2.24) is 4.90 Å². The van der Waals surface area contributed by atoms with Crippen LogP contribution in [0.15, 0.2) is 24.3 Å². The summed E-state index contributed by atoms with van der Waals surface area (Å²) in [6.07, 6.45) is 0.761. The molecular formula is C16H22INO2. The number of hydrogen-bond donors (Lipinski definition) is 0. The molecule has 1 saturated heterocycles. The quantitative estimate of drug-likeness (QED) is 0.573. The minimum Gasteiger partial charge on any atom is -0.457 e. The summed E-state index contributed by atoms with van der Waals surface area (Å²) in [5.41, 5.74) is 0.536. The Bertz CT molecular complexity index is 525. The van der Waals surface area contributed by atoms with Gasteiger partial charge in [-0.3, -0.25) is 4.90 Å². The fourth-order valence-electron chi connectivity index (χ4n) is 2.84. The van der Waals surface area contributed by atoms with E-state index in [4.69, 9.17) is 4.74 Å². The van der Waals surface area contributed by atoms with Crippen molar-refractivity contribution in [2.45, 2.75) is 51.3 Å². The Kier molecular flexibility index (Phi) is 4.17. The van der Waals surface area contributed by atoms with E-state index in [0.29, 0.717) is 5.56 Å². The average Bonchev–Trinajstić information content (AvgIpc) is 2.50. The van der Waals surface area contributed by atoms with Crippen LogP contribution in [-0.2, 0) is 4.74 Å². The van der Waals surface area contributed by atoms with Crippen LogP contribution in [0.2, 0.25) is 0 Å². The zero-order valence-corrected chi connectivity index (χ0v) is 14.9. The number of nitrogens with zero attached hydrogens (tertiary/aromatic N) is 1. The number of carbonyl (C=O) groups is 1. The van der Waals surface area contributed by atoms with Crippen LogP contribution in [-0.4, -0.2) is 35.1 Å². The first-order valence-corrected chi connectivity index (χ1v) is 7.93. The molecule has 1 aromatic carbocycles. The Morgan fingerprint density at radius 2 is 1.90 bits per heavy atom. The summed E-state index contributed by atoms with van der Waals surface area (Å²) in [4.78, 5) is 14.7. The Hall–Kier alpha value is -0.620. The van der Waals surface area contributed by atoms with Crippen molar-refractivity contribution in [3.63, 3.8) is 0 Å². The Morgan fingerprint density at radius 1 is 1.30 bits per heavy atom. The third-order valence-corrected chi connectivity index (χ3v) is 5.53. The molecule has 4 heteroatoms. The van der Waals surface area contributed by atoms with E-state index in [1.807, 2.05) is 24.3 Å². The van der Waals surface area contributed by atoms with Crippen LogP contribution in [0.5, 0.6) is 0 Å². The number of likely N-dealkylation sites (N-methyl/N-ethyl adjacent to an activating group) is 1. The molecule has 1 heterocycles. The first kappa shape index (κ1) is 15.8. The van der Waals surface area contributed by atoms with Gasteiger partial charge < -0.3 is 4.74 Å². The van der Waals surface area contributed by atoms with E-state index < -0.39 is 0 Å². The van der Waals surface area contributed by atoms with E-state index in [2.05, 4.69) is 62.2 Å². The first-order valence-electron chi connectivity index (χ1n) is 6.86. The van der Waals surface area contributed by atoms with E-state index in [9.17, 15) is 4.79 Å². The van der Waals surface area contributed by atoms with Gasteiger partial charge in [-0.05, 0) is 69.5 Å². The Labute approximate surface area is 134 Å². The molecule has 1 aliphatic rings. The molecule has 1 aliphatic heterocycles. The minimum atomic E-state index is -0.223. The van der Waals surface area contributed by atoms with Crippen LogP contribution in [0.4, 0.5) is 0 Å². The van der Waals surface area contributed by atoms with Gasteiger partial charge in [0.2, 0.25) is 0 Å². The molecule has 3 nitrogen and oxygen atoms in total. The number of rotatable bonds is 2. The molecule has 0 aliphatic carbocycles. The first-order chi connectivity index (χ1) is 9.16.